The van der Waals surface area contributed by atoms with Crippen LogP contribution >= 0.6 is 0 Å². The lowest BCUT2D eigenvalue weighted by molar-refractivity contribution is -0.123. The fourth-order valence-corrected chi connectivity index (χ4v) is 3.66. The highest BCUT2D eigenvalue weighted by molar-refractivity contribution is 6.04. The molecule has 3 amide bonds. The number of anilines is 3. The van der Waals surface area contributed by atoms with Gasteiger partial charge in [0.2, 0.25) is 11.8 Å². The summed E-state index contributed by atoms with van der Waals surface area (Å²) in [7, 11) is 3.11. The Bertz CT molecular complexity index is 1220. The topological polar surface area (TPSA) is 124 Å². The van der Waals surface area contributed by atoms with Crippen molar-refractivity contribution in [3.63, 3.8) is 0 Å². The summed E-state index contributed by atoms with van der Waals surface area (Å²) in [6.45, 7) is 1.42. The SMILES string of the molecule is COc1ccc(-c2cnn3c2NC(=O)C3CC(=O)Nc2ccc(NC(C)=O)cc2)cc1OC. The van der Waals surface area contributed by atoms with Crippen LogP contribution < -0.4 is 25.4 Å². The maximum atomic E-state index is 12.6. The van der Waals surface area contributed by atoms with Gasteiger partial charge in [-0.3, -0.25) is 14.4 Å². The number of amides is 3. The number of hydrogen-bond donors (Lipinski definition) is 3. The molecule has 0 bridgehead atoms. The van der Waals surface area contributed by atoms with Crippen LogP contribution in [0.5, 0.6) is 11.5 Å². The first-order valence-corrected chi connectivity index (χ1v) is 10.2. The zero-order valence-electron chi connectivity index (χ0n) is 18.3. The Balaban J connectivity index is 1.49. The number of fused-ring (bicyclic) bond motifs is 1. The summed E-state index contributed by atoms with van der Waals surface area (Å²) in [5.41, 5.74) is 2.68. The molecule has 0 radical (unpaired) electrons. The molecule has 1 unspecified atom stereocenters. The highest BCUT2D eigenvalue weighted by atomic mass is 16.5. The average Bonchev–Trinajstić information content (AvgIpc) is 3.33. The van der Waals surface area contributed by atoms with Crippen molar-refractivity contribution in [1.82, 2.24) is 9.78 Å². The zero-order valence-corrected chi connectivity index (χ0v) is 18.3. The molecule has 0 fully saturated rings. The van der Waals surface area contributed by atoms with Crippen molar-refractivity contribution < 1.29 is 23.9 Å². The molecular formula is C23H23N5O5. The van der Waals surface area contributed by atoms with E-state index in [0.29, 0.717) is 34.3 Å². The molecule has 2 aromatic carbocycles. The van der Waals surface area contributed by atoms with Crippen molar-refractivity contribution in [2.24, 2.45) is 0 Å². The summed E-state index contributed by atoms with van der Waals surface area (Å²) in [4.78, 5) is 36.3. The third-order valence-electron chi connectivity index (χ3n) is 5.20. The zero-order chi connectivity index (χ0) is 23.5. The first kappa shape index (κ1) is 21.9. The van der Waals surface area contributed by atoms with E-state index in [0.717, 1.165) is 5.56 Å². The van der Waals surface area contributed by atoms with Crippen LogP contribution in [-0.2, 0) is 14.4 Å². The van der Waals surface area contributed by atoms with Gasteiger partial charge in [0.05, 0.1) is 26.8 Å². The summed E-state index contributed by atoms with van der Waals surface area (Å²) < 4.78 is 12.2. The Morgan fingerprint density at radius 2 is 1.70 bits per heavy atom. The van der Waals surface area contributed by atoms with Gasteiger partial charge in [-0.2, -0.15) is 5.10 Å². The Morgan fingerprint density at radius 3 is 2.33 bits per heavy atom. The van der Waals surface area contributed by atoms with Crippen molar-refractivity contribution >= 4 is 34.9 Å². The Hall–Kier alpha value is -4.34. The molecule has 4 rings (SSSR count). The number of benzene rings is 2. The van der Waals surface area contributed by atoms with Gasteiger partial charge in [-0.25, -0.2) is 4.68 Å². The standard InChI is InChI=1S/C23H23N5O5/c1-13(29)25-15-5-7-16(8-6-15)26-21(30)11-18-23(31)27-22-17(12-24-28(18)22)14-4-9-19(32-2)20(10-14)33-3/h4-10,12,18H,11H2,1-3H3,(H,25,29)(H,26,30)(H,27,31). The minimum atomic E-state index is -0.771. The quantitative estimate of drug-likeness (QED) is 0.509. The Labute approximate surface area is 189 Å². The largest absolute Gasteiger partial charge is 0.493 e. The third kappa shape index (κ3) is 4.49. The van der Waals surface area contributed by atoms with Crippen LogP contribution in [0.4, 0.5) is 17.2 Å². The normalized spacial score (nSPS) is 14.3. The molecule has 3 N–H and O–H groups in total. The molecule has 0 spiro atoms. The van der Waals surface area contributed by atoms with Gasteiger partial charge in [-0.15, -0.1) is 0 Å². The van der Waals surface area contributed by atoms with Crippen molar-refractivity contribution in [3.8, 4) is 22.6 Å². The maximum absolute atomic E-state index is 12.6. The van der Waals surface area contributed by atoms with Crippen LogP contribution in [0.1, 0.15) is 19.4 Å². The molecule has 0 saturated carbocycles. The monoisotopic (exact) mass is 449 g/mol. The van der Waals surface area contributed by atoms with Crippen molar-refractivity contribution in [3.05, 3.63) is 48.7 Å². The van der Waals surface area contributed by atoms with E-state index < -0.39 is 6.04 Å². The smallest absolute Gasteiger partial charge is 0.251 e. The predicted octanol–water partition coefficient (Wildman–Crippen LogP) is 3.05. The lowest BCUT2D eigenvalue weighted by Gasteiger charge is -2.10. The Morgan fingerprint density at radius 1 is 1.03 bits per heavy atom. The van der Waals surface area contributed by atoms with E-state index in [9.17, 15) is 14.4 Å². The molecular weight excluding hydrogens is 426 g/mol. The molecule has 10 nitrogen and oxygen atoms in total. The first-order valence-electron chi connectivity index (χ1n) is 10.2. The van der Waals surface area contributed by atoms with Crippen LogP contribution in [0.3, 0.4) is 0 Å². The summed E-state index contributed by atoms with van der Waals surface area (Å²) in [6.07, 6.45) is 1.56. The molecule has 10 heteroatoms. The highest BCUT2D eigenvalue weighted by Gasteiger charge is 2.35. The second kappa shape index (κ2) is 9.03. The summed E-state index contributed by atoms with van der Waals surface area (Å²) in [5.74, 6) is 0.842. The van der Waals surface area contributed by atoms with Gasteiger partial charge in [-0.1, -0.05) is 6.07 Å². The van der Waals surface area contributed by atoms with Crippen LogP contribution in [0, 0.1) is 0 Å². The number of rotatable bonds is 7. The molecule has 1 aliphatic heterocycles. The molecule has 2 heterocycles. The van der Waals surface area contributed by atoms with Crippen LogP contribution in [0.25, 0.3) is 11.1 Å². The number of nitrogens with one attached hydrogen (secondary N) is 3. The second-order valence-corrected chi connectivity index (χ2v) is 7.44. The second-order valence-electron chi connectivity index (χ2n) is 7.44. The van der Waals surface area contributed by atoms with Gasteiger partial charge in [-0.05, 0) is 42.0 Å². The molecule has 3 aromatic rings. The minimum absolute atomic E-state index is 0.0840. The third-order valence-corrected chi connectivity index (χ3v) is 5.20. The van der Waals surface area contributed by atoms with Gasteiger partial charge in [0.25, 0.3) is 5.91 Å². The number of aromatic nitrogens is 2. The fourth-order valence-electron chi connectivity index (χ4n) is 3.66. The number of carbonyl (C=O) groups is 3. The van der Waals surface area contributed by atoms with Gasteiger partial charge in [0.15, 0.2) is 11.5 Å². The van der Waals surface area contributed by atoms with Crippen LogP contribution in [0.15, 0.2) is 48.7 Å². The predicted molar refractivity (Wildman–Crippen MR) is 122 cm³/mol. The van der Waals surface area contributed by atoms with Crippen LogP contribution in [0.2, 0.25) is 0 Å². The number of carbonyl (C=O) groups excluding carboxylic acids is 3. The van der Waals surface area contributed by atoms with Crippen molar-refractivity contribution in [2.75, 3.05) is 30.2 Å². The lowest BCUT2D eigenvalue weighted by Crippen LogP contribution is -2.23. The molecule has 0 aliphatic carbocycles. The number of methoxy groups -OCH3 is 2. The molecule has 1 aromatic heterocycles. The molecule has 170 valence electrons. The molecule has 1 atom stereocenters. The summed E-state index contributed by atoms with van der Waals surface area (Å²) in [5, 5.41) is 12.6. The Kier molecular flexibility index (Phi) is 5.99. The molecule has 1 aliphatic rings. The van der Waals surface area contributed by atoms with Crippen molar-refractivity contribution in [1.29, 1.82) is 0 Å². The van der Waals surface area contributed by atoms with Gasteiger partial charge < -0.3 is 25.4 Å². The maximum Gasteiger partial charge on any atom is 0.251 e. The van der Waals surface area contributed by atoms with Gasteiger partial charge >= 0.3 is 0 Å². The average molecular weight is 449 g/mol. The van der Waals surface area contributed by atoms with Gasteiger partial charge in [0, 0.05) is 23.9 Å². The first-order chi connectivity index (χ1) is 15.9. The molecule has 0 saturated heterocycles. The van der Waals surface area contributed by atoms with E-state index in [1.165, 1.54) is 11.6 Å². The van der Waals surface area contributed by atoms with E-state index in [1.807, 2.05) is 6.07 Å². The van der Waals surface area contributed by atoms with Crippen molar-refractivity contribution in [2.45, 2.75) is 19.4 Å². The molecule has 33 heavy (non-hydrogen) atoms. The minimum Gasteiger partial charge on any atom is -0.493 e. The van der Waals surface area contributed by atoms with Crippen LogP contribution in [-0.4, -0.2) is 41.7 Å². The lowest BCUT2D eigenvalue weighted by atomic mass is 10.1. The van der Waals surface area contributed by atoms with E-state index in [-0.39, 0.29) is 24.1 Å². The number of hydrogen-bond acceptors (Lipinski definition) is 6. The number of ether oxygens (including phenoxy) is 2. The van der Waals surface area contributed by atoms with E-state index >= 15 is 0 Å². The van der Waals surface area contributed by atoms with Gasteiger partial charge in [0.1, 0.15) is 11.9 Å². The van der Waals surface area contributed by atoms with E-state index in [2.05, 4.69) is 21.0 Å². The van der Waals surface area contributed by atoms with E-state index in [1.54, 1.807) is 56.8 Å². The summed E-state index contributed by atoms with van der Waals surface area (Å²) >= 11 is 0. The number of nitrogens with zero attached hydrogens (tertiary/aromatic N) is 2. The van der Waals surface area contributed by atoms with E-state index in [4.69, 9.17) is 9.47 Å². The summed E-state index contributed by atoms with van der Waals surface area (Å²) in [6, 6.07) is 11.4. The fraction of sp³-hybridized carbons (Fsp3) is 0.217. The highest BCUT2D eigenvalue weighted by Crippen LogP contribution is 2.39.